The lowest BCUT2D eigenvalue weighted by Crippen LogP contribution is -2.11. The number of aryl methyl sites for hydroxylation is 1. The Morgan fingerprint density at radius 3 is 2.21 bits per heavy atom. The highest BCUT2D eigenvalue weighted by molar-refractivity contribution is 7.64. The summed E-state index contributed by atoms with van der Waals surface area (Å²) in [5.41, 5.74) is 3.61. The molecule has 0 spiro atoms. The predicted octanol–water partition coefficient (Wildman–Crippen LogP) is 8.68. The average Bonchev–Trinajstić information content (AvgIpc) is 2.68. The SMILES string of the molecule is CCCCCCCCc1cccc(-c2ccccc2)c1OCCC[Si](Cl)(Cl)Cl. The van der Waals surface area contributed by atoms with Gasteiger partial charge in [-0.25, -0.2) is 0 Å². The Kier molecular flexibility index (Phi) is 10.8. The Bertz CT molecular complexity index is 686. The molecule has 0 aliphatic heterocycles. The van der Waals surface area contributed by atoms with Gasteiger partial charge in [-0.2, -0.15) is 0 Å². The Morgan fingerprint density at radius 2 is 1.50 bits per heavy atom. The van der Waals surface area contributed by atoms with Gasteiger partial charge in [0.15, 0.2) is 0 Å². The minimum atomic E-state index is -2.59. The molecule has 1 nitrogen and oxygen atoms in total. The molecule has 0 heterocycles. The molecule has 0 atom stereocenters. The van der Waals surface area contributed by atoms with Crippen LogP contribution < -0.4 is 4.74 Å². The van der Waals surface area contributed by atoms with Crippen LogP contribution in [0, 0.1) is 0 Å². The highest BCUT2D eigenvalue weighted by atomic mass is 35.8. The molecule has 2 aromatic rings. The summed E-state index contributed by atoms with van der Waals surface area (Å²) in [5.74, 6) is 0.994. The van der Waals surface area contributed by atoms with Crippen LogP contribution in [0.1, 0.15) is 57.4 Å². The van der Waals surface area contributed by atoms with Gasteiger partial charge in [0, 0.05) is 5.56 Å². The molecular weight excluding hydrogens is 427 g/mol. The second kappa shape index (κ2) is 12.8. The van der Waals surface area contributed by atoms with Gasteiger partial charge in [-0.15, -0.1) is 33.2 Å². The second-order valence-corrected chi connectivity index (χ2v) is 16.5. The molecule has 0 radical (unpaired) electrons. The van der Waals surface area contributed by atoms with Gasteiger partial charge < -0.3 is 4.74 Å². The molecule has 0 aliphatic rings. The van der Waals surface area contributed by atoms with Crippen molar-refractivity contribution >= 4 is 39.2 Å². The van der Waals surface area contributed by atoms with E-state index in [4.69, 9.17) is 38.0 Å². The molecule has 2 aromatic carbocycles. The zero-order valence-electron chi connectivity index (χ0n) is 16.7. The Morgan fingerprint density at radius 1 is 0.786 bits per heavy atom. The molecule has 0 amide bonds. The summed E-state index contributed by atoms with van der Waals surface area (Å²) in [4.78, 5) is 0. The maximum atomic E-state index is 6.26. The Labute approximate surface area is 185 Å². The number of rotatable bonds is 13. The van der Waals surface area contributed by atoms with E-state index in [0.717, 1.165) is 24.2 Å². The van der Waals surface area contributed by atoms with Crippen molar-refractivity contribution in [2.24, 2.45) is 0 Å². The molecule has 0 saturated carbocycles. The van der Waals surface area contributed by atoms with E-state index in [0.29, 0.717) is 12.7 Å². The number of benzene rings is 2. The molecule has 28 heavy (non-hydrogen) atoms. The zero-order valence-corrected chi connectivity index (χ0v) is 20.0. The largest absolute Gasteiger partial charge is 0.493 e. The fourth-order valence-electron chi connectivity index (χ4n) is 3.34. The van der Waals surface area contributed by atoms with Gasteiger partial charge in [0.05, 0.1) is 6.61 Å². The molecular formula is C23H31Cl3OSi. The van der Waals surface area contributed by atoms with Crippen LogP contribution in [0.4, 0.5) is 0 Å². The quantitative estimate of drug-likeness (QED) is 0.166. The molecule has 0 N–H and O–H groups in total. The van der Waals surface area contributed by atoms with Crippen LogP contribution in [-0.2, 0) is 6.42 Å². The smallest absolute Gasteiger partial charge is 0.341 e. The molecule has 0 aromatic heterocycles. The molecule has 2 rings (SSSR count). The number of hydrogen-bond acceptors (Lipinski definition) is 1. The second-order valence-electron chi connectivity index (χ2n) is 7.24. The van der Waals surface area contributed by atoms with E-state index in [-0.39, 0.29) is 0 Å². The molecule has 0 saturated heterocycles. The van der Waals surface area contributed by atoms with E-state index < -0.39 is 6.00 Å². The standard InChI is InChI=1S/C23H31Cl3OSi/c1-2-3-4-5-6-8-15-21-16-11-17-22(20-13-9-7-10-14-20)23(21)27-18-12-19-28(24,25)26/h7,9-11,13-14,16-17H,2-6,8,12,15,18-19H2,1H3. The normalized spacial score (nSPS) is 11.6. The van der Waals surface area contributed by atoms with Crippen molar-refractivity contribution in [1.29, 1.82) is 0 Å². The predicted molar refractivity (Wildman–Crippen MR) is 127 cm³/mol. The van der Waals surface area contributed by atoms with Gasteiger partial charge in [-0.1, -0.05) is 87.6 Å². The third-order valence-corrected chi connectivity index (χ3v) is 7.45. The van der Waals surface area contributed by atoms with E-state index in [1.165, 1.54) is 49.7 Å². The first kappa shape index (κ1) is 23.6. The van der Waals surface area contributed by atoms with Crippen molar-refractivity contribution in [2.75, 3.05) is 6.61 Å². The Balaban J connectivity index is 2.07. The lowest BCUT2D eigenvalue weighted by molar-refractivity contribution is 0.315. The van der Waals surface area contributed by atoms with Gasteiger partial charge >= 0.3 is 6.00 Å². The first-order valence-corrected chi connectivity index (χ1v) is 15.6. The molecule has 154 valence electrons. The fourth-order valence-corrected chi connectivity index (χ4v) is 5.09. The van der Waals surface area contributed by atoms with Gasteiger partial charge in [0.1, 0.15) is 5.75 Å². The number of hydrogen-bond donors (Lipinski definition) is 0. The molecule has 0 bridgehead atoms. The van der Waals surface area contributed by atoms with E-state index in [9.17, 15) is 0 Å². The number of unbranched alkanes of at least 4 members (excludes halogenated alkanes) is 5. The van der Waals surface area contributed by atoms with Crippen LogP contribution in [0.5, 0.6) is 5.75 Å². The fraction of sp³-hybridized carbons (Fsp3) is 0.478. The van der Waals surface area contributed by atoms with Gasteiger partial charge in [-0.05, 0) is 36.4 Å². The van der Waals surface area contributed by atoms with E-state index >= 15 is 0 Å². The summed E-state index contributed by atoms with van der Waals surface area (Å²) in [6.45, 7) is 2.83. The molecule has 0 aliphatic carbocycles. The molecule has 0 unspecified atom stereocenters. The third kappa shape index (κ3) is 8.78. The highest BCUT2D eigenvalue weighted by Crippen LogP contribution is 2.35. The summed E-state index contributed by atoms with van der Waals surface area (Å²) < 4.78 is 6.26. The van der Waals surface area contributed by atoms with Crippen molar-refractivity contribution in [3.63, 3.8) is 0 Å². The summed E-state index contributed by atoms with van der Waals surface area (Å²) in [7, 11) is 0. The van der Waals surface area contributed by atoms with Gasteiger partial charge in [0.2, 0.25) is 0 Å². The van der Waals surface area contributed by atoms with E-state index in [1.54, 1.807) is 0 Å². The maximum absolute atomic E-state index is 6.26. The topological polar surface area (TPSA) is 9.23 Å². The maximum Gasteiger partial charge on any atom is 0.341 e. The van der Waals surface area contributed by atoms with Crippen molar-refractivity contribution in [3.8, 4) is 16.9 Å². The van der Waals surface area contributed by atoms with Crippen molar-refractivity contribution in [1.82, 2.24) is 0 Å². The third-order valence-electron chi connectivity index (χ3n) is 4.83. The summed E-state index contributed by atoms with van der Waals surface area (Å²) >= 11 is 18.0. The first-order chi connectivity index (χ1) is 13.5. The molecule has 5 heteroatoms. The summed E-state index contributed by atoms with van der Waals surface area (Å²) in [6, 6.07) is 14.9. The van der Waals surface area contributed by atoms with Crippen LogP contribution in [0.2, 0.25) is 6.04 Å². The Hall–Kier alpha value is -0.673. The van der Waals surface area contributed by atoms with Crippen LogP contribution in [0.25, 0.3) is 11.1 Å². The summed E-state index contributed by atoms with van der Waals surface area (Å²) in [6.07, 6.45) is 9.55. The van der Waals surface area contributed by atoms with Crippen molar-refractivity contribution in [2.45, 2.75) is 64.3 Å². The lowest BCUT2D eigenvalue weighted by Gasteiger charge is -2.17. The van der Waals surface area contributed by atoms with Gasteiger partial charge in [0.25, 0.3) is 0 Å². The van der Waals surface area contributed by atoms with Crippen LogP contribution in [-0.4, -0.2) is 12.6 Å². The first-order valence-electron chi connectivity index (χ1n) is 10.4. The minimum Gasteiger partial charge on any atom is -0.493 e. The monoisotopic (exact) mass is 456 g/mol. The summed E-state index contributed by atoms with van der Waals surface area (Å²) in [5, 5.41) is 0. The number of halogens is 3. The number of ether oxygens (including phenoxy) is 1. The van der Waals surface area contributed by atoms with Crippen LogP contribution >= 0.6 is 33.2 Å². The van der Waals surface area contributed by atoms with Crippen molar-refractivity contribution < 1.29 is 4.74 Å². The van der Waals surface area contributed by atoms with Crippen LogP contribution in [0.3, 0.4) is 0 Å². The van der Waals surface area contributed by atoms with Gasteiger partial charge in [-0.3, -0.25) is 0 Å². The van der Waals surface area contributed by atoms with E-state index in [2.05, 4.69) is 49.4 Å². The van der Waals surface area contributed by atoms with Crippen molar-refractivity contribution in [3.05, 3.63) is 54.1 Å². The van der Waals surface area contributed by atoms with Crippen LogP contribution in [0.15, 0.2) is 48.5 Å². The number of para-hydroxylation sites is 1. The molecule has 0 fully saturated rings. The minimum absolute atomic E-state index is 0.578. The zero-order chi connectivity index (χ0) is 20.2. The lowest BCUT2D eigenvalue weighted by atomic mass is 9.98. The average molecular weight is 458 g/mol. The van der Waals surface area contributed by atoms with E-state index in [1.807, 2.05) is 6.07 Å². The highest BCUT2D eigenvalue weighted by Gasteiger charge is 2.24.